The normalized spacial score (nSPS) is 11.1. The molecule has 13 heavy (non-hydrogen) atoms. The van der Waals surface area contributed by atoms with Gasteiger partial charge >= 0.3 is 0 Å². The van der Waals surface area contributed by atoms with Crippen LogP contribution in [0.3, 0.4) is 0 Å². The lowest BCUT2D eigenvalue weighted by atomic mass is 10.2. The average molecular weight is 197 g/mol. The monoisotopic (exact) mass is 197 g/mol. The van der Waals surface area contributed by atoms with Crippen LogP contribution in [-0.4, -0.2) is 25.5 Å². The minimum atomic E-state index is 1.18. The van der Waals surface area contributed by atoms with Gasteiger partial charge in [0.15, 0.2) is 0 Å². The molecule has 0 saturated carbocycles. The summed E-state index contributed by atoms with van der Waals surface area (Å²) in [4.78, 5) is 5.30. The smallest absolute Gasteiger partial charge is 0.00486 e. The molecule has 0 aliphatic carbocycles. The van der Waals surface area contributed by atoms with Crippen LogP contribution in [0.1, 0.15) is 23.1 Å². The van der Waals surface area contributed by atoms with Crippen molar-refractivity contribution >= 4 is 11.3 Å². The standard InChI is InChI=1S/C11H19NS/c1-4-10-7-8-11(13-10)6-5-9-12(2)3/h7-8H,4-6,9H2,1-3H3. The fourth-order valence-corrected chi connectivity index (χ4v) is 2.32. The molecule has 1 aromatic rings. The molecule has 0 atom stereocenters. The van der Waals surface area contributed by atoms with E-state index in [0.717, 1.165) is 0 Å². The second kappa shape index (κ2) is 5.40. The molecule has 0 aliphatic heterocycles. The molecule has 74 valence electrons. The molecule has 0 fully saturated rings. The highest BCUT2D eigenvalue weighted by Gasteiger charge is 1.98. The van der Waals surface area contributed by atoms with Crippen LogP contribution in [0.25, 0.3) is 0 Å². The molecule has 0 amide bonds. The van der Waals surface area contributed by atoms with E-state index in [2.05, 4.69) is 38.1 Å². The van der Waals surface area contributed by atoms with E-state index in [1.807, 2.05) is 11.3 Å². The summed E-state index contributed by atoms with van der Waals surface area (Å²) >= 11 is 1.97. The molecule has 0 aliphatic rings. The Morgan fingerprint density at radius 1 is 1.23 bits per heavy atom. The third kappa shape index (κ3) is 3.92. The maximum absolute atomic E-state index is 2.28. The van der Waals surface area contributed by atoms with Gasteiger partial charge in [-0.15, -0.1) is 11.3 Å². The molecule has 1 nitrogen and oxygen atoms in total. The lowest BCUT2D eigenvalue weighted by molar-refractivity contribution is 0.401. The number of thiophene rings is 1. The molecule has 0 radical (unpaired) electrons. The maximum Gasteiger partial charge on any atom is 0.00486 e. The van der Waals surface area contributed by atoms with Crippen LogP contribution in [0.2, 0.25) is 0 Å². The van der Waals surface area contributed by atoms with Crippen molar-refractivity contribution in [1.82, 2.24) is 4.90 Å². The lowest BCUT2D eigenvalue weighted by Crippen LogP contribution is -2.13. The molecule has 1 rings (SSSR count). The molecule has 0 unspecified atom stereocenters. The van der Waals surface area contributed by atoms with E-state index < -0.39 is 0 Å². The van der Waals surface area contributed by atoms with Crippen molar-refractivity contribution in [3.63, 3.8) is 0 Å². The quantitative estimate of drug-likeness (QED) is 0.701. The van der Waals surface area contributed by atoms with E-state index in [-0.39, 0.29) is 0 Å². The van der Waals surface area contributed by atoms with Gasteiger partial charge in [0, 0.05) is 9.75 Å². The van der Waals surface area contributed by atoms with Gasteiger partial charge in [-0.1, -0.05) is 6.92 Å². The molecule has 2 heteroatoms. The van der Waals surface area contributed by atoms with Gasteiger partial charge in [0.1, 0.15) is 0 Å². The topological polar surface area (TPSA) is 3.24 Å². The Hall–Kier alpha value is -0.340. The molecule has 0 aromatic carbocycles. The van der Waals surface area contributed by atoms with Crippen molar-refractivity contribution in [2.75, 3.05) is 20.6 Å². The van der Waals surface area contributed by atoms with Gasteiger partial charge in [-0.25, -0.2) is 0 Å². The Labute approximate surface area is 85.4 Å². The number of hydrogen-bond acceptors (Lipinski definition) is 2. The zero-order chi connectivity index (χ0) is 9.68. The van der Waals surface area contributed by atoms with E-state index in [0.29, 0.717) is 0 Å². The van der Waals surface area contributed by atoms with Crippen molar-refractivity contribution < 1.29 is 0 Å². The van der Waals surface area contributed by atoms with Crippen molar-refractivity contribution in [3.05, 3.63) is 21.9 Å². The van der Waals surface area contributed by atoms with E-state index in [4.69, 9.17) is 0 Å². The van der Waals surface area contributed by atoms with Crippen LogP contribution in [-0.2, 0) is 12.8 Å². The third-order valence-corrected chi connectivity index (χ3v) is 3.38. The minimum absolute atomic E-state index is 1.18. The fourth-order valence-electron chi connectivity index (χ4n) is 1.32. The van der Waals surface area contributed by atoms with Crippen LogP contribution in [0.4, 0.5) is 0 Å². The van der Waals surface area contributed by atoms with Crippen molar-refractivity contribution in [2.45, 2.75) is 26.2 Å². The van der Waals surface area contributed by atoms with Crippen LogP contribution < -0.4 is 0 Å². The molecule has 1 aromatic heterocycles. The summed E-state index contributed by atoms with van der Waals surface area (Å²) in [5.41, 5.74) is 0. The average Bonchev–Trinajstić information content (AvgIpc) is 2.52. The zero-order valence-corrected chi connectivity index (χ0v) is 9.66. The van der Waals surface area contributed by atoms with E-state index in [9.17, 15) is 0 Å². The molecule has 0 bridgehead atoms. The van der Waals surface area contributed by atoms with Gasteiger partial charge in [-0.3, -0.25) is 0 Å². The third-order valence-electron chi connectivity index (χ3n) is 2.09. The van der Waals surface area contributed by atoms with Crippen LogP contribution in [0.15, 0.2) is 12.1 Å². The Morgan fingerprint density at radius 2 is 1.92 bits per heavy atom. The summed E-state index contributed by atoms with van der Waals surface area (Å²) in [5, 5.41) is 0. The summed E-state index contributed by atoms with van der Waals surface area (Å²) < 4.78 is 0. The first kappa shape index (κ1) is 10.7. The van der Waals surface area contributed by atoms with E-state index in [1.54, 1.807) is 4.88 Å². The molecule has 1 heterocycles. The van der Waals surface area contributed by atoms with Gasteiger partial charge < -0.3 is 4.90 Å². The summed E-state index contributed by atoms with van der Waals surface area (Å²) in [7, 11) is 4.26. The number of nitrogens with zero attached hydrogens (tertiary/aromatic N) is 1. The SMILES string of the molecule is CCc1ccc(CCCN(C)C)s1. The van der Waals surface area contributed by atoms with Gasteiger partial charge in [-0.05, 0) is 52.0 Å². The first-order valence-electron chi connectivity index (χ1n) is 4.94. The number of aryl methyl sites for hydroxylation is 2. The molecular weight excluding hydrogens is 178 g/mol. The first-order chi connectivity index (χ1) is 6.22. The van der Waals surface area contributed by atoms with Gasteiger partial charge in [0.2, 0.25) is 0 Å². The van der Waals surface area contributed by atoms with Crippen LogP contribution in [0.5, 0.6) is 0 Å². The Bertz CT molecular complexity index is 240. The van der Waals surface area contributed by atoms with E-state index in [1.165, 1.54) is 30.7 Å². The summed E-state index contributed by atoms with van der Waals surface area (Å²) in [6, 6.07) is 4.54. The molecular formula is C11H19NS. The molecule has 0 saturated heterocycles. The summed E-state index contributed by atoms with van der Waals surface area (Å²) in [6.07, 6.45) is 3.69. The van der Waals surface area contributed by atoms with Gasteiger partial charge in [-0.2, -0.15) is 0 Å². The second-order valence-corrected chi connectivity index (χ2v) is 4.88. The Kier molecular flexibility index (Phi) is 4.46. The van der Waals surface area contributed by atoms with Gasteiger partial charge in [0.25, 0.3) is 0 Å². The Morgan fingerprint density at radius 3 is 2.46 bits per heavy atom. The summed E-state index contributed by atoms with van der Waals surface area (Å²) in [6.45, 7) is 3.41. The van der Waals surface area contributed by atoms with Crippen molar-refractivity contribution in [2.24, 2.45) is 0 Å². The lowest BCUT2D eigenvalue weighted by Gasteiger charge is -2.07. The Balaban J connectivity index is 2.28. The zero-order valence-electron chi connectivity index (χ0n) is 8.84. The highest BCUT2D eigenvalue weighted by Crippen LogP contribution is 2.18. The fraction of sp³-hybridized carbons (Fsp3) is 0.636. The van der Waals surface area contributed by atoms with Crippen molar-refractivity contribution in [1.29, 1.82) is 0 Å². The first-order valence-corrected chi connectivity index (χ1v) is 5.76. The van der Waals surface area contributed by atoms with E-state index >= 15 is 0 Å². The van der Waals surface area contributed by atoms with Gasteiger partial charge in [0.05, 0.1) is 0 Å². The van der Waals surface area contributed by atoms with Crippen LogP contribution in [0, 0.1) is 0 Å². The number of rotatable bonds is 5. The predicted molar refractivity (Wildman–Crippen MR) is 60.6 cm³/mol. The largest absolute Gasteiger partial charge is 0.309 e. The predicted octanol–water partition coefficient (Wildman–Crippen LogP) is 2.80. The minimum Gasteiger partial charge on any atom is -0.309 e. The molecule has 0 N–H and O–H groups in total. The maximum atomic E-state index is 2.28. The van der Waals surface area contributed by atoms with Crippen LogP contribution >= 0.6 is 11.3 Å². The highest BCUT2D eigenvalue weighted by atomic mass is 32.1. The highest BCUT2D eigenvalue weighted by molar-refractivity contribution is 7.11. The summed E-state index contributed by atoms with van der Waals surface area (Å²) in [5.74, 6) is 0. The number of hydrogen-bond donors (Lipinski definition) is 0. The van der Waals surface area contributed by atoms with Crippen molar-refractivity contribution in [3.8, 4) is 0 Å². The second-order valence-electron chi connectivity index (χ2n) is 3.63. The molecule has 0 spiro atoms.